The third-order valence-corrected chi connectivity index (χ3v) is 8.04. The second-order valence-corrected chi connectivity index (χ2v) is 11.3. The highest BCUT2D eigenvalue weighted by Crippen LogP contribution is 2.29. The summed E-state index contributed by atoms with van der Waals surface area (Å²) in [5, 5.41) is 5.81. The molecule has 2 amide bonds. The number of Topliss-reactive ketones (excluding diaryl/α,β-unsaturated/α-hetero) is 2. The standard InChI is InChI=1S/C32H40N2O6/c1-21(33-30(37)24-11-7-8-12-24)28(35)19-25(17-23-13-15-26(39-3)16-14-23)31(38)34-27(29(36)32(2)20-40-32)18-22-9-5-4-6-10-22/h4-6,9-10,13-16,21,24-25,27H,7-8,11-12,17-20H2,1-3H3,(H,33,37)(H,34,38). The van der Waals surface area contributed by atoms with Crippen molar-refractivity contribution in [2.24, 2.45) is 11.8 Å². The first kappa shape index (κ1) is 29.5. The molecule has 40 heavy (non-hydrogen) atoms. The van der Waals surface area contributed by atoms with E-state index in [1.165, 1.54) is 0 Å². The molecule has 2 N–H and O–H groups in total. The van der Waals surface area contributed by atoms with Crippen LogP contribution in [0.1, 0.15) is 57.1 Å². The molecule has 1 aliphatic heterocycles. The van der Waals surface area contributed by atoms with Gasteiger partial charge in [-0.1, -0.05) is 55.3 Å². The van der Waals surface area contributed by atoms with Gasteiger partial charge in [0.05, 0.1) is 25.8 Å². The van der Waals surface area contributed by atoms with Crippen molar-refractivity contribution >= 4 is 23.4 Å². The van der Waals surface area contributed by atoms with E-state index in [4.69, 9.17) is 9.47 Å². The predicted octanol–water partition coefficient (Wildman–Crippen LogP) is 3.59. The average molecular weight is 549 g/mol. The summed E-state index contributed by atoms with van der Waals surface area (Å²) < 4.78 is 10.7. The molecule has 0 radical (unpaired) electrons. The van der Waals surface area contributed by atoms with Gasteiger partial charge in [-0.2, -0.15) is 0 Å². The molecule has 2 aromatic carbocycles. The Kier molecular flexibility index (Phi) is 9.74. The zero-order valence-electron chi connectivity index (χ0n) is 23.6. The van der Waals surface area contributed by atoms with Gasteiger partial charge >= 0.3 is 0 Å². The normalized spacial score (nSPS) is 20.7. The number of carbonyl (C=O) groups excluding carboxylic acids is 4. The van der Waals surface area contributed by atoms with Gasteiger partial charge in [0, 0.05) is 18.3 Å². The van der Waals surface area contributed by atoms with Crippen LogP contribution >= 0.6 is 0 Å². The molecule has 4 rings (SSSR count). The maximum atomic E-state index is 13.7. The predicted molar refractivity (Wildman–Crippen MR) is 151 cm³/mol. The lowest BCUT2D eigenvalue weighted by Crippen LogP contribution is -2.50. The molecule has 8 nitrogen and oxygen atoms in total. The fourth-order valence-electron chi connectivity index (χ4n) is 5.29. The van der Waals surface area contributed by atoms with E-state index < -0.39 is 23.6 Å². The molecular formula is C32H40N2O6. The van der Waals surface area contributed by atoms with Gasteiger partial charge in [-0.15, -0.1) is 0 Å². The number of methoxy groups -OCH3 is 1. The van der Waals surface area contributed by atoms with Crippen molar-refractivity contribution in [3.63, 3.8) is 0 Å². The first-order valence-electron chi connectivity index (χ1n) is 14.2. The average Bonchev–Trinajstić information content (AvgIpc) is 3.47. The molecule has 0 bridgehead atoms. The molecule has 0 aromatic heterocycles. The zero-order valence-corrected chi connectivity index (χ0v) is 23.6. The molecule has 214 valence electrons. The van der Waals surface area contributed by atoms with Gasteiger partial charge < -0.3 is 20.1 Å². The van der Waals surface area contributed by atoms with E-state index in [1.807, 2.05) is 54.6 Å². The summed E-state index contributed by atoms with van der Waals surface area (Å²) in [5.41, 5.74) is 0.865. The van der Waals surface area contributed by atoms with E-state index >= 15 is 0 Å². The minimum absolute atomic E-state index is 0.0515. The zero-order chi connectivity index (χ0) is 28.7. The van der Waals surface area contributed by atoms with Crippen LogP contribution in [0.2, 0.25) is 0 Å². The Morgan fingerprint density at radius 1 is 0.950 bits per heavy atom. The van der Waals surface area contributed by atoms with Gasteiger partial charge in [-0.3, -0.25) is 19.2 Å². The number of hydrogen-bond acceptors (Lipinski definition) is 6. The quantitative estimate of drug-likeness (QED) is 0.349. The number of epoxide rings is 1. The van der Waals surface area contributed by atoms with Gasteiger partial charge in [-0.25, -0.2) is 0 Å². The minimum atomic E-state index is -0.910. The SMILES string of the molecule is COc1ccc(CC(CC(=O)C(C)NC(=O)C2CCCC2)C(=O)NC(Cc2ccccc2)C(=O)C2(C)CO2)cc1. The van der Waals surface area contributed by atoms with Crippen LogP contribution in [0, 0.1) is 11.8 Å². The number of hydrogen-bond donors (Lipinski definition) is 2. The summed E-state index contributed by atoms with van der Waals surface area (Å²) in [6.07, 6.45) is 4.29. The smallest absolute Gasteiger partial charge is 0.224 e. The van der Waals surface area contributed by atoms with Crippen molar-refractivity contribution in [2.75, 3.05) is 13.7 Å². The van der Waals surface area contributed by atoms with E-state index in [0.717, 1.165) is 36.8 Å². The largest absolute Gasteiger partial charge is 0.497 e. The first-order chi connectivity index (χ1) is 19.2. The van der Waals surface area contributed by atoms with Crippen LogP contribution in [0.25, 0.3) is 0 Å². The molecule has 2 aromatic rings. The highest BCUT2D eigenvalue weighted by atomic mass is 16.6. The molecule has 2 aliphatic rings. The Morgan fingerprint density at radius 2 is 1.57 bits per heavy atom. The summed E-state index contributed by atoms with van der Waals surface area (Å²) in [6.45, 7) is 3.72. The van der Waals surface area contributed by atoms with Gasteiger partial charge in [-0.05, 0) is 62.8 Å². The molecule has 8 heteroatoms. The Labute approximate surface area is 236 Å². The van der Waals surface area contributed by atoms with Gasteiger partial charge in [0.1, 0.15) is 11.4 Å². The van der Waals surface area contributed by atoms with Crippen molar-refractivity contribution in [1.82, 2.24) is 10.6 Å². The Hall–Kier alpha value is -3.52. The minimum Gasteiger partial charge on any atom is -0.497 e. The fraction of sp³-hybridized carbons (Fsp3) is 0.500. The molecule has 2 fully saturated rings. The van der Waals surface area contributed by atoms with Crippen LogP contribution in [-0.4, -0.2) is 54.8 Å². The van der Waals surface area contributed by atoms with Gasteiger partial charge in [0.25, 0.3) is 0 Å². The Bertz CT molecular complexity index is 1190. The van der Waals surface area contributed by atoms with Gasteiger partial charge in [0.2, 0.25) is 11.8 Å². The third kappa shape index (κ3) is 7.78. The molecule has 1 saturated carbocycles. The number of nitrogens with one attached hydrogen (secondary N) is 2. The number of carbonyl (C=O) groups is 4. The Balaban J connectivity index is 1.50. The fourth-order valence-corrected chi connectivity index (χ4v) is 5.29. The number of ether oxygens (including phenoxy) is 2. The van der Waals surface area contributed by atoms with Crippen LogP contribution in [0.4, 0.5) is 0 Å². The lowest BCUT2D eigenvalue weighted by Gasteiger charge is -2.24. The first-order valence-corrected chi connectivity index (χ1v) is 14.2. The number of ketones is 2. The summed E-state index contributed by atoms with van der Waals surface area (Å²) in [4.78, 5) is 53.0. The molecule has 4 atom stereocenters. The van der Waals surface area contributed by atoms with Crippen molar-refractivity contribution < 1.29 is 28.7 Å². The lowest BCUT2D eigenvalue weighted by molar-refractivity contribution is -0.134. The highest BCUT2D eigenvalue weighted by molar-refractivity contribution is 5.98. The molecule has 1 aliphatic carbocycles. The summed E-state index contributed by atoms with van der Waals surface area (Å²) in [7, 11) is 1.58. The van der Waals surface area contributed by atoms with E-state index in [-0.39, 0.29) is 35.7 Å². The maximum absolute atomic E-state index is 13.7. The molecule has 1 saturated heterocycles. The van der Waals surface area contributed by atoms with Crippen LogP contribution in [0.5, 0.6) is 5.75 Å². The number of benzene rings is 2. The van der Waals surface area contributed by atoms with Crippen molar-refractivity contribution in [1.29, 1.82) is 0 Å². The molecular weight excluding hydrogens is 508 g/mol. The second-order valence-electron chi connectivity index (χ2n) is 11.3. The molecule has 4 unspecified atom stereocenters. The molecule has 1 heterocycles. The van der Waals surface area contributed by atoms with E-state index in [0.29, 0.717) is 25.2 Å². The number of amides is 2. The van der Waals surface area contributed by atoms with Crippen molar-refractivity contribution in [2.45, 2.75) is 76.5 Å². The van der Waals surface area contributed by atoms with E-state index in [1.54, 1.807) is 21.0 Å². The topological polar surface area (TPSA) is 114 Å². The lowest BCUT2D eigenvalue weighted by atomic mass is 9.89. The summed E-state index contributed by atoms with van der Waals surface area (Å²) in [5.74, 6) is -0.969. The third-order valence-electron chi connectivity index (χ3n) is 8.04. The van der Waals surface area contributed by atoms with Crippen molar-refractivity contribution in [3.8, 4) is 5.75 Å². The number of rotatable bonds is 14. The van der Waals surface area contributed by atoms with Crippen molar-refractivity contribution in [3.05, 3.63) is 65.7 Å². The van der Waals surface area contributed by atoms with Gasteiger partial charge in [0.15, 0.2) is 11.6 Å². The maximum Gasteiger partial charge on any atom is 0.224 e. The van der Waals surface area contributed by atoms with Crippen LogP contribution in [0.3, 0.4) is 0 Å². The summed E-state index contributed by atoms with van der Waals surface area (Å²) in [6, 6.07) is 15.3. The van der Waals surface area contributed by atoms with E-state index in [2.05, 4.69) is 10.6 Å². The second kappa shape index (κ2) is 13.2. The van der Waals surface area contributed by atoms with E-state index in [9.17, 15) is 19.2 Å². The summed E-state index contributed by atoms with van der Waals surface area (Å²) >= 11 is 0. The van der Waals surface area contributed by atoms with Crippen LogP contribution in [0.15, 0.2) is 54.6 Å². The van der Waals surface area contributed by atoms with Crippen LogP contribution < -0.4 is 15.4 Å². The Morgan fingerprint density at radius 3 is 2.17 bits per heavy atom. The highest BCUT2D eigenvalue weighted by Gasteiger charge is 2.50. The molecule has 0 spiro atoms. The van der Waals surface area contributed by atoms with Crippen LogP contribution in [-0.2, 0) is 36.8 Å². The monoisotopic (exact) mass is 548 g/mol.